The molecule has 0 N–H and O–H groups in total. The van der Waals surface area contributed by atoms with Crippen LogP contribution in [0.4, 0.5) is 10.1 Å². The van der Waals surface area contributed by atoms with E-state index in [-0.39, 0.29) is 12.4 Å². The van der Waals surface area contributed by atoms with Crippen LogP contribution in [0.25, 0.3) is 0 Å². The van der Waals surface area contributed by atoms with Crippen molar-refractivity contribution in [1.29, 1.82) is 0 Å². The van der Waals surface area contributed by atoms with Crippen molar-refractivity contribution in [3.8, 4) is 5.75 Å². The Morgan fingerprint density at radius 2 is 2.25 bits per heavy atom. The smallest absolute Gasteiger partial charge is 0.314 e. The first-order valence-electron chi connectivity index (χ1n) is 5.65. The monoisotopic (exact) mass is 343 g/mol. The summed E-state index contributed by atoms with van der Waals surface area (Å²) in [6.07, 6.45) is 0. The van der Waals surface area contributed by atoms with Gasteiger partial charge >= 0.3 is 5.69 Å². The predicted octanol–water partition coefficient (Wildman–Crippen LogP) is 3.12. The molecule has 6 nitrogen and oxygen atoms in total. The highest BCUT2D eigenvalue weighted by atomic mass is 79.9. The van der Waals surface area contributed by atoms with Crippen molar-refractivity contribution in [2.24, 2.45) is 7.05 Å². The molecule has 0 aliphatic carbocycles. The molecular formula is C12H11BrFN3O3. The maximum absolute atomic E-state index is 13.7. The summed E-state index contributed by atoms with van der Waals surface area (Å²) >= 11 is 3.35. The average molecular weight is 344 g/mol. The second kappa shape index (κ2) is 5.58. The number of aromatic nitrogens is 2. The summed E-state index contributed by atoms with van der Waals surface area (Å²) in [5.74, 6) is -1.14. The van der Waals surface area contributed by atoms with Crippen LogP contribution in [0.2, 0.25) is 0 Å². The lowest BCUT2D eigenvalue weighted by molar-refractivity contribution is -0.386. The average Bonchev–Trinajstić information content (AvgIpc) is 2.62. The Morgan fingerprint density at radius 3 is 2.80 bits per heavy atom. The second-order valence-corrected chi connectivity index (χ2v) is 4.90. The van der Waals surface area contributed by atoms with E-state index >= 15 is 0 Å². The predicted molar refractivity (Wildman–Crippen MR) is 73.0 cm³/mol. The van der Waals surface area contributed by atoms with Gasteiger partial charge in [0.1, 0.15) is 6.61 Å². The molecule has 1 heterocycles. The van der Waals surface area contributed by atoms with Crippen molar-refractivity contribution in [3.63, 3.8) is 0 Å². The Morgan fingerprint density at radius 1 is 1.55 bits per heavy atom. The van der Waals surface area contributed by atoms with Crippen LogP contribution < -0.4 is 4.74 Å². The summed E-state index contributed by atoms with van der Waals surface area (Å²) in [4.78, 5) is 10.2. The fourth-order valence-corrected chi connectivity index (χ4v) is 2.21. The minimum absolute atomic E-state index is 0.0281. The first-order valence-corrected chi connectivity index (χ1v) is 6.44. The third kappa shape index (κ3) is 2.64. The molecule has 0 bridgehead atoms. The molecule has 2 rings (SSSR count). The highest BCUT2D eigenvalue weighted by molar-refractivity contribution is 9.10. The van der Waals surface area contributed by atoms with Gasteiger partial charge < -0.3 is 4.74 Å². The van der Waals surface area contributed by atoms with E-state index < -0.39 is 16.4 Å². The molecule has 0 saturated heterocycles. The quantitative estimate of drug-likeness (QED) is 0.631. The van der Waals surface area contributed by atoms with Crippen LogP contribution in [-0.4, -0.2) is 14.7 Å². The number of aryl methyl sites for hydroxylation is 2. The molecular weight excluding hydrogens is 333 g/mol. The lowest BCUT2D eigenvalue weighted by atomic mass is 10.3. The molecule has 0 amide bonds. The molecule has 2 aromatic rings. The molecule has 0 saturated carbocycles. The molecule has 0 aliphatic heterocycles. The van der Waals surface area contributed by atoms with Crippen LogP contribution in [0, 0.1) is 22.9 Å². The fraction of sp³-hybridized carbons (Fsp3) is 0.250. The van der Waals surface area contributed by atoms with Gasteiger partial charge in [-0.25, -0.2) is 4.39 Å². The van der Waals surface area contributed by atoms with Gasteiger partial charge in [-0.2, -0.15) is 5.10 Å². The number of para-hydroxylation sites is 1. The molecule has 0 atom stereocenters. The van der Waals surface area contributed by atoms with Crippen molar-refractivity contribution in [1.82, 2.24) is 9.78 Å². The highest BCUT2D eigenvalue weighted by Crippen LogP contribution is 2.31. The third-order valence-corrected chi connectivity index (χ3v) is 3.79. The number of benzene rings is 1. The lowest BCUT2D eigenvalue weighted by Gasteiger charge is -2.08. The molecule has 0 unspecified atom stereocenters. The number of hydrogen-bond donors (Lipinski definition) is 0. The molecule has 0 radical (unpaired) electrons. The fourth-order valence-electron chi connectivity index (χ4n) is 1.76. The first kappa shape index (κ1) is 14.4. The zero-order chi connectivity index (χ0) is 14.9. The van der Waals surface area contributed by atoms with Gasteiger partial charge in [0.2, 0.25) is 5.75 Å². The summed E-state index contributed by atoms with van der Waals surface area (Å²) in [6, 6.07) is 3.58. The molecule has 0 aliphatic rings. The summed E-state index contributed by atoms with van der Waals surface area (Å²) in [6.45, 7) is 1.78. The zero-order valence-corrected chi connectivity index (χ0v) is 12.3. The van der Waals surface area contributed by atoms with E-state index in [0.29, 0.717) is 5.69 Å². The van der Waals surface area contributed by atoms with Gasteiger partial charge in [0.15, 0.2) is 5.82 Å². The Labute approximate surface area is 122 Å². The largest absolute Gasteiger partial charge is 0.478 e. The number of nitrogens with zero attached hydrogens (tertiary/aromatic N) is 3. The molecule has 0 fully saturated rings. The first-order chi connectivity index (χ1) is 9.41. The van der Waals surface area contributed by atoms with E-state index in [0.717, 1.165) is 16.2 Å². The normalized spacial score (nSPS) is 10.6. The summed E-state index contributed by atoms with van der Waals surface area (Å²) < 4.78 is 21.2. The van der Waals surface area contributed by atoms with Crippen LogP contribution in [-0.2, 0) is 13.7 Å². The van der Waals surface area contributed by atoms with Gasteiger partial charge in [-0.05, 0) is 28.9 Å². The standard InChI is InChI=1S/C12H11BrFN3O3/c1-7-11(13)10(16(2)15-7)6-20-12-8(14)4-3-5-9(12)17(18)19/h3-5H,6H2,1-2H3. The third-order valence-electron chi connectivity index (χ3n) is 2.76. The van der Waals surface area contributed by atoms with E-state index in [1.807, 2.05) is 0 Å². The van der Waals surface area contributed by atoms with Crippen LogP contribution >= 0.6 is 15.9 Å². The van der Waals surface area contributed by atoms with Gasteiger partial charge in [-0.15, -0.1) is 0 Å². The number of ether oxygens (including phenoxy) is 1. The van der Waals surface area contributed by atoms with Crippen molar-refractivity contribution in [2.45, 2.75) is 13.5 Å². The Bertz CT molecular complexity index is 672. The van der Waals surface area contributed by atoms with Gasteiger partial charge in [0.05, 0.1) is 20.8 Å². The number of nitro groups is 1. The molecule has 1 aromatic heterocycles. The van der Waals surface area contributed by atoms with Crippen molar-refractivity contribution < 1.29 is 14.1 Å². The molecule has 0 spiro atoms. The zero-order valence-electron chi connectivity index (χ0n) is 10.8. The van der Waals surface area contributed by atoms with E-state index in [1.54, 1.807) is 18.7 Å². The molecule has 1 aromatic carbocycles. The lowest BCUT2D eigenvalue weighted by Crippen LogP contribution is -2.06. The minimum atomic E-state index is -0.769. The maximum Gasteiger partial charge on any atom is 0.314 e. The van der Waals surface area contributed by atoms with Crippen LogP contribution in [0.15, 0.2) is 22.7 Å². The number of hydrogen-bond acceptors (Lipinski definition) is 4. The van der Waals surface area contributed by atoms with Crippen LogP contribution in [0.1, 0.15) is 11.4 Å². The van der Waals surface area contributed by atoms with Crippen molar-refractivity contribution >= 4 is 21.6 Å². The number of nitro benzene ring substituents is 1. The van der Waals surface area contributed by atoms with Crippen LogP contribution in [0.5, 0.6) is 5.75 Å². The topological polar surface area (TPSA) is 70.2 Å². The Balaban J connectivity index is 2.30. The van der Waals surface area contributed by atoms with E-state index in [2.05, 4.69) is 21.0 Å². The van der Waals surface area contributed by atoms with Crippen molar-refractivity contribution in [2.75, 3.05) is 0 Å². The Hall–Kier alpha value is -1.96. The SMILES string of the molecule is Cc1nn(C)c(COc2c(F)cccc2[N+](=O)[O-])c1Br. The van der Waals surface area contributed by atoms with Crippen LogP contribution in [0.3, 0.4) is 0 Å². The Kier molecular flexibility index (Phi) is 4.03. The molecule has 106 valence electrons. The van der Waals surface area contributed by atoms with E-state index in [4.69, 9.17) is 4.74 Å². The summed E-state index contributed by atoms with van der Waals surface area (Å²) in [7, 11) is 1.71. The minimum Gasteiger partial charge on any atom is -0.478 e. The van der Waals surface area contributed by atoms with Crippen molar-refractivity contribution in [3.05, 3.63) is 50.0 Å². The number of halogens is 2. The van der Waals surface area contributed by atoms with E-state index in [1.165, 1.54) is 12.1 Å². The highest BCUT2D eigenvalue weighted by Gasteiger charge is 2.21. The summed E-state index contributed by atoms with van der Waals surface area (Å²) in [5, 5.41) is 15.0. The van der Waals surface area contributed by atoms with Gasteiger partial charge in [0.25, 0.3) is 0 Å². The van der Waals surface area contributed by atoms with E-state index in [9.17, 15) is 14.5 Å². The van der Waals surface area contributed by atoms with Gasteiger partial charge in [-0.3, -0.25) is 14.8 Å². The molecule has 20 heavy (non-hydrogen) atoms. The van der Waals surface area contributed by atoms with Gasteiger partial charge in [0, 0.05) is 13.1 Å². The summed E-state index contributed by atoms with van der Waals surface area (Å²) in [5.41, 5.74) is 1.02. The second-order valence-electron chi connectivity index (χ2n) is 4.10. The molecule has 8 heteroatoms. The maximum atomic E-state index is 13.7. The number of rotatable bonds is 4. The van der Waals surface area contributed by atoms with Gasteiger partial charge in [-0.1, -0.05) is 6.07 Å².